The van der Waals surface area contributed by atoms with Crippen LogP contribution in [0.4, 0.5) is 0 Å². The highest BCUT2D eigenvalue weighted by molar-refractivity contribution is 5.87. The first-order valence-electron chi connectivity index (χ1n) is 12.5. The van der Waals surface area contributed by atoms with Gasteiger partial charge in [-0.25, -0.2) is 0 Å². The van der Waals surface area contributed by atoms with Crippen LogP contribution in [0.25, 0.3) is 0 Å². The van der Waals surface area contributed by atoms with Crippen LogP contribution < -0.4 is 11.1 Å². The molecule has 7 nitrogen and oxygen atoms in total. The molecule has 2 saturated carbocycles. The number of amides is 2. The topological polar surface area (TPSA) is 87.9 Å². The summed E-state index contributed by atoms with van der Waals surface area (Å²) in [5.74, 6) is 0.764. The maximum absolute atomic E-state index is 13.3. The number of nitrogens with zero attached hydrogens (tertiary/aromatic N) is 2. The third-order valence-electron chi connectivity index (χ3n) is 7.72. The molecular formula is C24H44N4O3. The number of carbonyl (C=O) groups is 2. The zero-order valence-electron chi connectivity index (χ0n) is 19.7. The number of nitrogens with two attached hydrogens (primary N) is 1. The number of hydrogen-bond acceptors (Lipinski definition) is 5. The molecule has 1 saturated heterocycles. The van der Waals surface area contributed by atoms with Gasteiger partial charge in [0.2, 0.25) is 11.8 Å². The molecule has 0 aromatic carbocycles. The molecule has 3 aliphatic rings. The Balaban J connectivity index is 1.64. The summed E-state index contributed by atoms with van der Waals surface area (Å²) < 4.78 is 5.40. The average Bonchev–Trinajstić information content (AvgIpc) is 2.78. The number of hydrogen-bond donors (Lipinski definition) is 2. The number of methoxy groups -OCH3 is 1. The summed E-state index contributed by atoms with van der Waals surface area (Å²) in [6.45, 7) is 4.93. The van der Waals surface area contributed by atoms with E-state index in [1.54, 1.807) is 18.9 Å². The minimum absolute atomic E-state index is 0.0000107. The first-order valence-corrected chi connectivity index (χ1v) is 12.5. The van der Waals surface area contributed by atoms with E-state index in [0.29, 0.717) is 25.6 Å². The molecule has 3 fully saturated rings. The summed E-state index contributed by atoms with van der Waals surface area (Å²) in [5.41, 5.74) is 6.02. The number of ether oxygens (including phenoxy) is 1. The quantitative estimate of drug-likeness (QED) is 0.609. The molecule has 1 heterocycles. The van der Waals surface area contributed by atoms with Crippen LogP contribution in [0.5, 0.6) is 0 Å². The van der Waals surface area contributed by atoms with E-state index in [1.165, 1.54) is 32.1 Å². The lowest BCUT2D eigenvalue weighted by molar-refractivity contribution is -0.142. The average molecular weight is 437 g/mol. The Kier molecular flexibility index (Phi) is 9.60. The molecule has 0 spiro atoms. The molecular weight excluding hydrogens is 392 g/mol. The Hall–Kier alpha value is -1.18. The minimum Gasteiger partial charge on any atom is -0.383 e. The predicted molar refractivity (Wildman–Crippen MR) is 123 cm³/mol. The third-order valence-corrected chi connectivity index (χ3v) is 7.72. The molecule has 3 rings (SSSR count). The molecule has 0 aromatic heterocycles. The highest BCUT2D eigenvalue weighted by Gasteiger charge is 2.38. The number of carbonyl (C=O) groups excluding carboxylic acids is 2. The number of piperidine rings is 1. The van der Waals surface area contributed by atoms with Crippen molar-refractivity contribution in [3.63, 3.8) is 0 Å². The summed E-state index contributed by atoms with van der Waals surface area (Å²) in [7, 11) is 1.75. The standard InChI is InChI=1S/C24H44N4O3/c1-18(29)28-13-12-22(27(14-15-31-2)17-19-6-4-3-5-7-19)16-23(28)24(30)26-21-10-8-20(25)9-11-21/h19-23H,3-17,25H2,1-2H3,(H,26,30)/t20?,21?,22?,23-/m1/s1. The molecule has 31 heavy (non-hydrogen) atoms. The molecule has 0 radical (unpaired) electrons. The first kappa shape index (κ1) is 24.5. The Morgan fingerprint density at radius 1 is 1.06 bits per heavy atom. The fourth-order valence-electron chi connectivity index (χ4n) is 5.80. The van der Waals surface area contributed by atoms with Crippen LogP contribution in [0, 0.1) is 5.92 Å². The zero-order chi connectivity index (χ0) is 22.2. The number of nitrogens with one attached hydrogen (secondary N) is 1. The van der Waals surface area contributed by atoms with Crippen molar-refractivity contribution in [2.75, 3.05) is 33.4 Å². The fourth-order valence-corrected chi connectivity index (χ4v) is 5.80. The normalized spacial score (nSPS) is 30.4. The van der Waals surface area contributed by atoms with Crippen LogP contribution >= 0.6 is 0 Å². The largest absolute Gasteiger partial charge is 0.383 e. The second-order valence-electron chi connectivity index (χ2n) is 10.0. The van der Waals surface area contributed by atoms with E-state index in [-0.39, 0.29) is 29.9 Å². The summed E-state index contributed by atoms with van der Waals surface area (Å²) in [5, 5.41) is 3.25. The lowest BCUT2D eigenvalue weighted by Gasteiger charge is -2.44. The summed E-state index contributed by atoms with van der Waals surface area (Å²) in [6.07, 6.45) is 12.1. The molecule has 7 heteroatoms. The van der Waals surface area contributed by atoms with E-state index in [0.717, 1.165) is 51.1 Å². The molecule has 3 N–H and O–H groups in total. The van der Waals surface area contributed by atoms with E-state index < -0.39 is 0 Å². The molecule has 2 aliphatic carbocycles. The molecule has 2 atom stereocenters. The highest BCUT2D eigenvalue weighted by atomic mass is 16.5. The lowest BCUT2D eigenvalue weighted by Crippen LogP contribution is -2.59. The summed E-state index contributed by atoms with van der Waals surface area (Å²) in [4.78, 5) is 29.9. The van der Waals surface area contributed by atoms with Gasteiger partial charge in [-0.05, 0) is 57.3 Å². The van der Waals surface area contributed by atoms with Gasteiger partial charge < -0.3 is 20.7 Å². The summed E-state index contributed by atoms with van der Waals surface area (Å²) >= 11 is 0. The van der Waals surface area contributed by atoms with Crippen LogP contribution in [-0.2, 0) is 14.3 Å². The number of likely N-dealkylation sites (tertiary alicyclic amines) is 1. The second kappa shape index (κ2) is 12.2. The van der Waals surface area contributed by atoms with Crippen LogP contribution in [0.2, 0.25) is 0 Å². The van der Waals surface area contributed by atoms with Crippen molar-refractivity contribution in [1.29, 1.82) is 0 Å². The molecule has 178 valence electrons. The van der Waals surface area contributed by atoms with Gasteiger partial charge in [-0.3, -0.25) is 14.5 Å². The van der Waals surface area contributed by atoms with Gasteiger partial charge >= 0.3 is 0 Å². The Labute approximate surface area is 188 Å². The van der Waals surface area contributed by atoms with E-state index >= 15 is 0 Å². The van der Waals surface area contributed by atoms with Gasteiger partial charge in [0, 0.05) is 51.8 Å². The second-order valence-corrected chi connectivity index (χ2v) is 10.0. The van der Waals surface area contributed by atoms with Crippen molar-refractivity contribution in [1.82, 2.24) is 15.1 Å². The Morgan fingerprint density at radius 3 is 2.42 bits per heavy atom. The van der Waals surface area contributed by atoms with E-state index in [9.17, 15) is 9.59 Å². The fraction of sp³-hybridized carbons (Fsp3) is 0.917. The zero-order valence-corrected chi connectivity index (χ0v) is 19.7. The van der Waals surface area contributed by atoms with E-state index in [4.69, 9.17) is 10.5 Å². The van der Waals surface area contributed by atoms with Crippen molar-refractivity contribution in [3.05, 3.63) is 0 Å². The molecule has 1 aliphatic heterocycles. The van der Waals surface area contributed by atoms with E-state index in [1.807, 2.05) is 0 Å². The van der Waals surface area contributed by atoms with Crippen molar-refractivity contribution in [3.8, 4) is 0 Å². The molecule has 0 bridgehead atoms. The van der Waals surface area contributed by atoms with Gasteiger partial charge in [-0.15, -0.1) is 0 Å². The number of rotatable bonds is 8. The highest BCUT2D eigenvalue weighted by Crippen LogP contribution is 2.29. The van der Waals surface area contributed by atoms with Crippen molar-refractivity contribution < 1.29 is 14.3 Å². The van der Waals surface area contributed by atoms with Crippen LogP contribution in [0.15, 0.2) is 0 Å². The first-order chi connectivity index (χ1) is 15.0. The third kappa shape index (κ3) is 7.16. The predicted octanol–water partition coefficient (Wildman–Crippen LogP) is 2.28. The maximum atomic E-state index is 13.3. The Morgan fingerprint density at radius 2 is 1.77 bits per heavy atom. The van der Waals surface area contributed by atoms with Gasteiger partial charge in [0.1, 0.15) is 6.04 Å². The molecule has 2 amide bonds. The molecule has 0 aromatic rings. The summed E-state index contributed by atoms with van der Waals surface area (Å²) in [6, 6.07) is 0.398. The van der Waals surface area contributed by atoms with Crippen LogP contribution in [0.3, 0.4) is 0 Å². The van der Waals surface area contributed by atoms with Crippen LogP contribution in [-0.4, -0.2) is 79.1 Å². The molecule has 1 unspecified atom stereocenters. The monoisotopic (exact) mass is 436 g/mol. The van der Waals surface area contributed by atoms with Crippen LogP contribution in [0.1, 0.15) is 77.6 Å². The van der Waals surface area contributed by atoms with Gasteiger partial charge in [-0.1, -0.05) is 19.3 Å². The van der Waals surface area contributed by atoms with Gasteiger partial charge in [-0.2, -0.15) is 0 Å². The SMILES string of the molecule is COCCN(CC1CCCCC1)C1CCN(C(C)=O)[C@@H](C(=O)NC2CCC(N)CC2)C1. The Bertz CT molecular complexity index is 573. The maximum Gasteiger partial charge on any atom is 0.243 e. The van der Waals surface area contributed by atoms with Crippen molar-refractivity contribution >= 4 is 11.8 Å². The van der Waals surface area contributed by atoms with Gasteiger partial charge in [0.15, 0.2) is 0 Å². The lowest BCUT2D eigenvalue weighted by atomic mass is 9.87. The van der Waals surface area contributed by atoms with E-state index in [2.05, 4.69) is 10.2 Å². The smallest absolute Gasteiger partial charge is 0.243 e. The van der Waals surface area contributed by atoms with Gasteiger partial charge in [0.05, 0.1) is 6.61 Å². The minimum atomic E-state index is -0.372. The van der Waals surface area contributed by atoms with Crippen molar-refractivity contribution in [2.24, 2.45) is 11.7 Å². The van der Waals surface area contributed by atoms with Crippen molar-refractivity contribution in [2.45, 2.75) is 102 Å². The van der Waals surface area contributed by atoms with Gasteiger partial charge in [0.25, 0.3) is 0 Å².